The van der Waals surface area contributed by atoms with Gasteiger partial charge in [-0.2, -0.15) is 0 Å². The van der Waals surface area contributed by atoms with Crippen molar-refractivity contribution in [3.05, 3.63) is 23.9 Å². The highest BCUT2D eigenvalue weighted by Gasteiger charge is 2.03. The van der Waals surface area contributed by atoms with E-state index in [4.69, 9.17) is 4.74 Å². The second-order valence-corrected chi connectivity index (χ2v) is 4.79. The topological polar surface area (TPSA) is 37.4 Å². The quantitative estimate of drug-likeness (QED) is 0.718. The van der Waals surface area contributed by atoms with Gasteiger partial charge in [0.25, 0.3) is 0 Å². The van der Waals surface area contributed by atoms with Crippen molar-refractivity contribution in [2.45, 2.75) is 32.9 Å². The lowest BCUT2D eigenvalue weighted by Gasteiger charge is -2.18. The molecule has 1 rings (SSSR count). The monoisotopic (exact) mass is 251 g/mol. The van der Waals surface area contributed by atoms with Crippen molar-refractivity contribution in [1.29, 1.82) is 0 Å². The Morgan fingerprint density at radius 2 is 2.17 bits per heavy atom. The van der Waals surface area contributed by atoms with E-state index in [0.717, 1.165) is 37.6 Å². The molecule has 0 saturated carbocycles. The molecule has 0 saturated heterocycles. The SMILES string of the molecule is COCCCN(C)c1cccc(CNC(C)C)n1. The van der Waals surface area contributed by atoms with Crippen LogP contribution in [-0.4, -0.2) is 38.3 Å². The van der Waals surface area contributed by atoms with Crippen LogP contribution in [0.2, 0.25) is 0 Å². The van der Waals surface area contributed by atoms with Gasteiger partial charge in [0.1, 0.15) is 5.82 Å². The lowest BCUT2D eigenvalue weighted by Crippen LogP contribution is -2.24. The number of nitrogens with zero attached hydrogens (tertiary/aromatic N) is 2. The van der Waals surface area contributed by atoms with E-state index in [9.17, 15) is 0 Å². The Morgan fingerprint density at radius 1 is 1.39 bits per heavy atom. The summed E-state index contributed by atoms with van der Waals surface area (Å²) in [5, 5.41) is 3.38. The minimum atomic E-state index is 0.481. The minimum absolute atomic E-state index is 0.481. The maximum absolute atomic E-state index is 5.06. The number of aromatic nitrogens is 1. The molecule has 18 heavy (non-hydrogen) atoms. The largest absolute Gasteiger partial charge is 0.385 e. The molecule has 0 amide bonds. The summed E-state index contributed by atoms with van der Waals surface area (Å²) in [7, 11) is 3.80. The summed E-state index contributed by atoms with van der Waals surface area (Å²) >= 11 is 0. The first-order valence-electron chi connectivity index (χ1n) is 6.53. The number of methoxy groups -OCH3 is 1. The molecule has 0 radical (unpaired) electrons. The highest BCUT2D eigenvalue weighted by Crippen LogP contribution is 2.10. The Balaban J connectivity index is 2.52. The molecule has 0 bridgehead atoms. The fourth-order valence-corrected chi connectivity index (χ4v) is 1.65. The standard InChI is InChI=1S/C14H25N3O/c1-12(2)15-11-13-7-5-8-14(16-13)17(3)9-6-10-18-4/h5,7-8,12,15H,6,9-11H2,1-4H3. The van der Waals surface area contributed by atoms with Crippen molar-refractivity contribution in [2.24, 2.45) is 0 Å². The van der Waals surface area contributed by atoms with Crippen molar-refractivity contribution >= 4 is 5.82 Å². The smallest absolute Gasteiger partial charge is 0.128 e. The third-order valence-electron chi connectivity index (χ3n) is 2.72. The van der Waals surface area contributed by atoms with Crippen molar-refractivity contribution in [2.75, 3.05) is 32.2 Å². The zero-order valence-corrected chi connectivity index (χ0v) is 11.9. The molecule has 0 aliphatic heterocycles. The van der Waals surface area contributed by atoms with E-state index in [1.165, 1.54) is 0 Å². The zero-order chi connectivity index (χ0) is 13.4. The minimum Gasteiger partial charge on any atom is -0.385 e. The Labute approximate surface area is 110 Å². The Morgan fingerprint density at radius 3 is 2.83 bits per heavy atom. The van der Waals surface area contributed by atoms with Crippen molar-refractivity contribution in [1.82, 2.24) is 10.3 Å². The molecule has 0 atom stereocenters. The number of hydrogen-bond acceptors (Lipinski definition) is 4. The highest BCUT2D eigenvalue weighted by atomic mass is 16.5. The summed E-state index contributed by atoms with van der Waals surface area (Å²) in [4.78, 5) is 6.81. The van der Waals surface area contributed by atoms with Crippen LogP contribution in [-0.2, 0) is 11.3 Å². The average Bonchev–Trinajstić information content (AvgIpc) is 2.37. The lowest BCUT2D eigenvalue weighted by molar-refractivity contribution is 0.196. The number of ether oxygens (including phenoxy) is 1. The summed E-state index contributed by atoms with van der Waals surface area (Å²) in [5.41, 5.74) is 1.08. The van der Waals surface area contributed by atoms with Gasteiger partial charge < -0.3 is 15.0 Å². The van der Waals surface area contributed by atoms with Crippen LogP contribution in [0.4, 0.5) is 5.82 Å². The summed E-state index contributed by atoms with van der Waals surface area (Å²) in [6.07, 6.45) is 1.02. The molecule has 0 fully saturated rings. The first-order chi connectivity index (χ1) is 8.63. The average molecular weight is 251 g/mol. The molecule has 1 aromatic heterocycles. The van der Waals surface area contributed by atoms with E-state index in [-0.39, 0.29) is 0 Å². The van der Waals surface area contributed by atoms with E-state index in [1.54, 1.807) is 7.11 Å². The third kappa shape index (κ3) is 5.47. The van der Waals surface area contributed by atoms with Crippen molar-refractivity contribution < 1.29 is 4.74 Å². The van der Waals surface area contributed by atoms with E-state index in [1.807, 2.05) is 6.07 Å². The van der Waals surface area contributed by atoms with Gasteiger partial charge in [-0.15, -0.1) is 0 Å². The van der Waals surface area contributed by atoms with Gasteiger partial charge in [0, 0.05) is 39.9 Å². The van der Waals surface area contributed by atoms with Crippen LogP contribution >= 0.6 is 0 Å². The summed E-state index contributed by atoms with van der Waals surface area (Å²) in [5.74, 6) is 1.02. The van der Waals surface area contributed by atoms with Crippen LogP contribution in [0.1, 0.15) is 26.0 Å². The third-order valence-corrected chi connectivity index (χ3v) is 2.72. The zero-order valence-electron chi connectivity index (χ0n) is 11.9. The molecule has 1 heterocycles. The second-order valence-electron chi connectivity index (χ2n) is 4.79. The molecule has 0 aromatic carbocycles. The number of nitrogens with one attached hydrogen (secondary N) is 1. The maximum Gasteiger partial charge on any atom is 0.128 e. The molecule has 4 nitrogen and oxygen atoms in total. The maximum atomic E-state index is 5.06. The van der Waals surface area contributed by atoms with Crippen LogP contribution in [0.5, 0.6) is 0 Å². The molecule has 102 valence electrons. The summed E-state index contributed by atoms with van der Waals surface area (Å²) < 4.78 is 5.06. The lowest BCUT2D eigenvalue weighted by atomic mass is 10.3. The first-order valence-corrected chi connectivity index (χ1v) is 6.53. The van der Waals surface area contributed by atoms with Gasteiger partial charge >= 0.3 is 0 Å². The summed E-state index contributed by atoms with van der Waals surface area (Å²) in [6.45, 7) is 6.85. The molecular formula is C14H25N3O. The first kappa shape index (κ1) is 14.9. The van der Waals surface area contributed by atoms with E-state index in [0.29, 0.717) is 6.04 Å². The van der Waals surface area contributed by atoms with Crippen LogP contribution < -0.4 is 10.2 Å². The predicted octanol–water partition coefficient (Wildman–Crippen LogP) is 2.05. The molecule has 1 aromatic rings. The Kier molecular flexibility index (Phi) is 6.68. The molecule has 0 spiro atoms. The van der Waals surface area contributed by atoms with Crippen molar-refractivity contribution in [3.63, 3.8) is 0 Å². The summed E-state index contributed by atoms with van der Waals surface area (Å²) in [6, 6.07) is 6.65. The van der Waals surface area contributed by atoms with E-state index >= 15 is 0 Å². The molecule has 1 N–H and O–H groups in total. The van der Waals surface area contributed by atoms with Gasteiger partial charge in [-0.3, -0.25) is 0 Å². The molecule has 0 unspecified atom stereocenters. The van der Waals surface area contributed by atoms with E-state index < -0.39 is 0 Å². The van der Waals surface area contributed by atoms with Gasteiger partial charge in [0.2, 0.25) is 0 Å². The van der Waals surface area contributed by atoms with Crippen molar-refractivity contribution in [3.8, 4) is 0 Å². The fraction of sp³-hybridized carbons (Fsp3) is 0.643. The van der Waals surface area contributed by atoms with Crippen LogP contribution in [0.15, 0.2) is 18.2 Å². The fourth-order valence-electron chi connectivity index (χ4n) is 1.65. The molecule has 0 aliphatic carbocycles. The van der Waals surface area contributed by atoms with Crippen LogP contribution in [0.3, 0.4) is 0 Å². The molecular weight excluding hydrogens is 226 g/mol. The normalized spacial score (nSPS) is 10.9. The van der Waals surface area contributed by atoms with Gasteiger partial charge in [-0.25, -0.2) is 4.98 Å². The number of rotatable bonds is 8. The molecule has 0 aliphatic rings. The van der Waals surface area contributed by atoms with Gasteiger partial charge in [0.15, 0.2) is 0 Å². The highest BCUT2D eigenvalue weighted by molar-refractivity contribution is 5.38. The Hall–Kier alpha value is -1.13. The Bertz CT molecular complexity index is 342. The predicted molar refractivity (Wildman–Crippen MR) is 76.0 cm³/mol. The van der Waals surface area contributed by atoms with Crippen LogP contribution in [0, 0.1) is 0 Å². The van der Waals surface area contributed by atoms with E-state index in [2.05, 4.69) is 48.2 Å². The number of hydrogen-bond donors (Lipinski definition) is 1. The second kappa shape index (κ2) is 8.06. The van der Waals surface area contributed by atoms with Gasteiger partial charge in [-0.1, -0.05) is 19.9 Å². The molecule has 4 heteroatoms. The van der Waals surface area contributed by atoms with Gasteiger partial charge in [-0.05, 0) is 18.6 Å². The number of pyridine rings is 1. The number of anilines is 1. The van der Waals surface area contributed by atoms with Crippen LogP contribution in [0.25, 0.3) is 0 Å². The van der Waals surface area contributed by atoms with Gasteiger partial charge in [0.05, 0.1) is 5.69 Å².